The number of nitrogen functional groups attached to an aromatic ring is 1. The standard InChI is InChI=1S/C13H11N3OS/c1-7(17)11-12(18-13(14)16-11)9-6-15-10-5-3-2-4-8(9)10/h2-6,15H,1H3,(H2,14,16). The zero-order valence-electron chi connectivity index (χ0n) is 9.73. The van der Waals surface area contributed by atoms with Gasteiger partial charge < -0.3 is 10.7 Å². The molecule has 5 heteroatoms. The van der Waals surface area contributed by atoms with Crippen molar-refractivity contribution in [1.29, 1.82) is 0 Å². The number of anilines is 1. The first-order valence-electron chi connectivity index (χ1n) is 5.50. The second kappa shape index (κ2) is 3.96. The van der Waals surface area contributed by atoms with Crippen molar-refractivity contribution < 1.29 is 4.79 Å². The molecule has 3 rings (SSSR count). The monoisotopic (exact) mass is 257 g/mol. The largest absolute Gasteiger partial charge is 0.375 e. The summed E-state index contributed by atoms with van der Waals surface area (Å²) in [5, 5.41) is 1.49. The number of nitrogens with zero attached hydrogens (tertiary/aromatic N) is 1. The molecule has 0 bridgehead atoms. The fraction of sp³-hybridized carbons (Fsp3) is 0.0769. The van der Waals surface area contributed by atoms with Gasteiger partial charge in [0.25, 0.3) is 0 Å². The number of aromatic amines is 1. The van der Waals surface area contributed by atoms with Gasteiger partial charge in [-0.2, -0.15) is 0 Å². The Kier molecular flexibility index (Phi) is 2.41. The summed E-state index contributed by atoms with van der Waals surface area (Å²) in [5.41, 5.74) is 8.17. The number of benzene rings is 1. The molecule has 0 aliphatic rings. The fourth-order valence-corrected chi connectivity index (χ4v) is 2.93. The summed E-state index contributed by atoms with van der Waals surface area (Å²) in [7, 11) is 0. The quantitative estimate of drug-likeness (QED) is 0.693. The normalized spacial score (nSPS) is 10.9. The number of hydrogen-bond acceptors (Lipinski definition) is 4. The number of rotatable bonds is 2. The SMILES string of the molecule is CC(=O)c1nc(N)sc1-c1c[nH]c2ccccc12. The number of fused-ring (bicyclic) bond motifs is 1. The van der Waals surface area contributed by atoms with Crippen LogP contribution in [0.1, 0.15) is 17.4 Å². The number of para-hydroxylation sites is 1. The molecule has 3 aromatic rings. The van der Waals surface area contributed by atoms with E-state index in [0.29, 0.717) is 10.8 Å². The van der Waals surface area contributed by atoms with Gasteiger partial charge in [0.15, 0.2) is 10.9 Å². The Labute approximate surface area is 107 Å². The van der Waals surface area contributed by atoms with Gasteiger partial charge in [0.2, 0.25) is 0 Å². The molecule has 0 aliphatic carbocycles. The van der Waals surface area contributed by atoms with Crippen molar-refractivity contribution in [3.05, 3.63) is 36.2 Å². The van der Waals surface area contributed by atoms with Gasteiger partial charge in [-0.1, -0.05) is 29.5 Å². The zero-order valence-corrected chi connectivity index (χ0v) is 10.5. The van der Waals surface area contributed by atoms with E-state index < -0.39 is 0 Å². The number of aromatic nitrogens is 2. The van der Waals surface area contributed by atoms with E-state index in [2.05, 4.69) is 9.97 Å². The third-order valence-corrected chi connectivity index (χ3v) is 3.73. The maximum absolute atomic E-state index is 11.6. The Morgan fingerprint density at radius 3 is 2.94 bits per heavy atom. The molecular weight excluding hydrogens is 246 g/mol. The van der Waals surface area contributed by atoms with Crippen molar-refractivity contribution in [2.45, 2.75) is 6.92 Å². The van der Waals surface area contributed by atoms with Gasteiger partial charge >= 0.3 is 0 Å². The molecule has 0 atom stereocenters. The summed E-state index contributed by atoms with van der Waals surface area (Å²) in [4.78, 5) is 19.7. The smallest absolute Gasteiger partial charge is 0.181 e. The van der Waals surface area contributed by atoms with Crippen LogP contribution in [0.5, 0.6) is 0 Å². The van der Waals surface area contributed by atoms with E-state index in [4.69, 9.17) is 5.73 Å². The van der Waals surface area contributed by atoms with Gasteiger partial charge in [-0.3, -0.25) is 4.79 Å². The van der Waals surface area contributed by atoms with Gasteiger partial charge in [0, 0.05) is 29.6 Å². The van der Waals surface area contributed by atoms with Gasteiger partial charge in [0.1, 0.15) is 5.69 Å². The highest BCUT2D eigenvalue weighted by molar-refractivity contribution is 7.19. The number of ketones is 1. The summed E-state index contributed by atoms with van der Waals surface area (Å²) >= 11 is 1.34. The Morgan fingerprint density at radius 2 is 2.17 bits per heavy atom. The van der Waals surface area contributed by atoms with Crippen LogP contribution in [0, 0.1) is 0 Å². The molecule has 18 heavy (non-hydrogen) atoms. The maximum atomic E-state index is 11.6. The van der Waals surface area contributed by atoms with E-state index in [9.17, 15) is 4.79 Å². The molecule has 0 fully saturated rings. The number of carbonyl (C=O) groups is 1. The van der Waals surface area contributed by atoms with Gasteiger partial charge in [-0.15, -0.1) is 0 Å². The van der Waals surface area contributed by atoms with Gasteiger partial charge in [0.05, 0.1) is 4.88 Å². The summed E-state index contributed by atoms with van der Waals surface area (Å²) in [5.74, 6) is -0.0665. The van der Waals surface area contributed by atoms with E-state index in [1.54, 1.807) is 0 Å². The first-order valence-corrected chi connectivity index (χ1v) is 6.32. The molecule has 0 spiro atoms. The molecule has 90 valence electrons. The number of hydrogen-bond donors (Lipinski definition) is 2. The molecule has 0 aliphatic heterocycles. The predicted octanol–water partition coefficient (Wildman–Crippen LogP) is 3.08. The highest BCUT2D eigenvalue weighted by Crippen LogP contribution is 2.36. The second-order valence-corrected chi connectivity index (χ2v) is 5.06. The molecule has 0 amide bonds. The summed E-state index contributed by atoms with van der Waals surface area (Å²) in [6.45, 7) is 1.51. The molecule has 0 unspecified atom stereocenters. The summed E-state index contributed by atoms with van der Waals surface area (Å²) in [6.07, 6.45) is 1.89. The van der Waals surface area contributed by atoms with Crippen molar-refractivity contribution >= 4 is 33.2 Å². The van der Waals surface area contributed by atoms with Crippen LogP contribution in [0.15, 0.2) is 30.5 Å². The first-order chi connectivity index (χ1) is 8.66. The molecule has 4 nitrogen and oxygen atoms in total. The lowest BCUT2D eigenvalue weighted by molar-refractivity contribution is 0.101. The molecular formula is C13H11N3OS. The molecule has 0 saturated carbocycles. The van der Waals surface area contributed by atoms with E-state index in [1.807, 2.05) is 30.5 Å². The lowest BCUT2D eigenvalue weighted by atomic mass is 10.1. The fourth-order valence-electron chi connectivity index (χ4n) is 2.02. The van der Waals surface area contributed by atoms with Crippen molar-refractivity contribution in [1.82, 2.24) is 9.97 Å². The first kappa shape index (κ1) is 11.0. The van der Waals surface area contributed by atoms with Gasteiger partial charge in [-0.25, -0.2) is 4.98 Å². The third-order valence-electron chi connectivity index (χ3n) is 2.81. The van der Waals surface area contributed by atoms with Gasteiger partial charge in [-0.05, 0) is 6.07 Å². The molecule has 0 saturated heterocycles. The van der Waals surface area contributed by atoms with Crippen LogP contribution in [0.4, 0.5) is 5.13 Å². The highest BCUT2D eigenvalue weighted by Gasteiger charge is 2.17. The minimum absolute atomic E-state index is 0.0665. The van der Waals surface area contributed by atoms with Crippen LogP contribution >= 0.6 is 11.3 Å². The second-order valence-electron chi connectivity index (χ2n) is 4.03. The van der Waals surface area contributed by atoms with E-state index in [1.165, 1.54) is 18.3 Å². The number of thiazole rings is 1. The Hall–Kier alpha value is -2.14. The Morgan fingerprint density at radius 1 is 1.39 bits per heavy atom. The van der Waals surface area contributed by atoms with Crippen LogP contribution in [0.2, 0.25) is 0 Å². The minimum atomic E-state index is -0.0665. The summed E-state index contributed by atoms with van der Waals surface area (Å²) in [6, 6.07) is 7.95. The Bertz CT molecular complexity index is 742. The minimum Gasteiger partial charge on any atom is -0.375 e. The summed E-state index contributed by atoms with van der Waals surface area (Å²) < 4.78 is 0. The molecule has 0 radical (unpaired) electrons. The zero-order chi connectivity index (χ0) is 12.7. The van der Waals surface area contributed by atoms with Crippen molar-refractivity contribution in [3.63, 3.8) is 0 Å². The van der Waals surface area contributed by atoms with Crippen LogP contribution in [-0.4, -0.2) is 15.8 Å². The topological polar surface area (TPSA) is 71.8 Å². The lowest BCUT2D eigenvalue weighted by Gasteiger charge is -1.97. The van der Waals surface area contributed by atoms with Crippen molar-refractivity contribution in [3.8, 4) is 10.4 Å². The number of carbonyl (C=O) groups excluding carboxylic acids is 1. The van der Waals surface area contributed by atoms with E-state index in [0.717, 1.165) is 21.3 Å². The number of Topliss-reactive ketones (excluding diaryl/α,β-unsaturated/α-hetero) is 1. The third kappa shape index (κ3) is 1.60. The van der Waals surface area contributed by atoms with E-state index in [-0.39, 0.29) is 5.78 Å². The average Bonchev–Trinajstić information content (AvgIpc) is 2.92. The number of H-pyrrole nitrogens is 1. The van der Waals surface area contributed by atoms with E-state index >= 15 is 0 Å². The number of nitrogens with one attached hydrogen (secondary N) is 1. The predicted molar refractivity (Wildman–Crippen MR) is 73.8 cm³/mol. The molecule has 1 aromatic carbocycles. The Balaban J connectivity index is 2.29. The van der Waals surface area contributed by atoms with Crippen LogP contribution in [0.25, 0.3) is 21.3 Å². The number of nitrogens with two attached hydrogens (primary N) is 1. The van der Waals surface area contributed by atoms with Crippen LogP contribution < -0.4 is 5.73 Å². The van der Waals surface area contributed by atoms with Crippen LogP contribution in [-0.2, 0) is 0 Å². The molecule has 3 N–H and O–H groups in total. The highest BCUT2D eigenvalue weighted by atomic mass is 32.1. The van der Waals surface area contributed by atoms with Crippen molar-refractivity contribution in [2.75, 3.05) is 5.73 Å². The molecule has 2 aromatic heterocycles. The molecule has 2 heterocycles. The average molecular weight is 257 g/mol. The maximum Gasteiger partial charge on any atom is 0.181 e. The lowest BCUT2D eigenvalue weighted by Crippen LogP contribution is -1.95. The van der Waals surface area contributed by atoms with Crippen molar-refractivity contribution in [2.24, 2.45) is 0 Å². The van der Waals surface area contributed by atoms with Crippen LogP contribution in [0.3, 0.4) is 0 Å².